The van der Waals surface area contributed by atoms with Crippen LogP contribution in [0.4, 0.5) is 5.69 Å². The van der Waals surface area contributed by atoms with E-state index < -0.39 is 0 Å². The lowest BCUT2D eigenvalue weighted by atomic mass is 10.2. The Balaban J connectivity index is 2.16. The van der Waals surface area contributed by atoms with Gasteiger partial charge in [0.05, 0.1) is 6.21 Å². The number of nitrogens with zero attached hydrogens (tertiary/aromatic N) is 4. The zero-order chi connectivity index (χ0) is 13.1. The molecule has 18 heavy (non-hydrogen) atoms. The Kier molecular flexibility index (Phi) is 3.32. The molecule has 5 heteroatoms. The molecule has 0 amide bonds. The molecule has 1 aromatic carbocycles. The topological polar surface area (TPSA) is 50.4 Å². The fourth-order valence-corrected chi connectivity index (χ4v) is 1.58. The Labute approximate surface area is 107 Å². The van der Waals surface area contributed by atoms with Gasteiger partial charge >= 0.3 is 5.82 Å². The van der Waals surface area contributed by atoms with Gasteiger partial charge in [0.2, 0.25) is 0 Å². The summed E-state index contributed by atoms with van der Waals surface area (Å²) in [4.78, 5) is 2.06. The van der Waals surface area contributed by atoms with Crippen LogP contribution < -0.4 is 15.4 Å². The van der Waals surface area contributed by atoms with E-state index in [0.717, 1.165) is 11.4 Å². The average Bonchev–Trinajstić information content (AvgIpc) is 2.68. The van der Waals surface area contributed by atoms with Gasteiger partial charge in [0.1, 0.15) is 0 Å². The van der Waals surface area contributed by atoms with E-state index in [9.17, 15) is 0 Å². The standard InChI is InChI=1S/C13H18N5/c1-11-17(14)8-9-18(11)15-10-12-4-6-13(7-5-12)16(2)3/h4-10H,14H2,1-3H3/q+1. The van der Waals surface area contributed by atoms with Crippen molar-refractivity contribution in [1.29, 1.82) is 0 Å². The van der Waals surface area contributed by atoms with E-state index in [1.54, 1.807) is 10.9 Å². The van der Waals surface area contributed by atoms with Crippen molar-refractivity contribution >= 4 is 11.9 Å². The number of nitrogen functional groups attached to an aromatic ring is 1. The number of benzene rings is 1. The number of rotatable bonds is 3. The first kappa shape index (κ1) is 12.2. The van der Waals surface area contributed by atoms with Crippen molar-refractivity contribution < 1.29 is 4.68 Å². The molecule has 1 heterocycles. The number of hydrogen-bond acceptors (Lipinski definition) is 3. The normalized spacial score (nSPS) is 11.1. The van der Waals surface area contributed by atoms with Crippen molar-refractivity contribution in [2.24, 2.45) is 5.10 Å². The molecule has 1 aromatic heterocycles. The third-order valence-corrected chi connectivity index (χ3v) is 2.81. The van der Waals surface area contributed by atoms with E-state index in [1.807, 2.05) is 45.6 Å². The maximum Gasteiger partial charge on any atom is 0.301 e. The molecule has 0 aliphatic heterocycles. The first-order valence-corrected chi connectivity index (χ1v) is 5.74. The lowest BCUT2D eigenvalue weighted by Crippen LogP contribution is -2.45. The number of imidazole rings is 1. The fraction of sp³-hybridized carbons (Fsp3) is 0.231. The Morgan fingerprint density at radius 1 is 1.28 bits per heavy atom. The second kappa shape index (κ2) is 4.91. The molecule has 0 fully saturated rings. The van der Waals surface area contributed by atoms with Crippen molar-refractivity contribution in [2.45, 2.75) is 6.92 Å². The number of nitrogens with two attached hydrogens (primary N) is 1. The Hall–Kier alpha value is -2.30. The largest absolute Gasteiger partial charge is 0.378 e. The summed E-state index contributed by atoms with van der Waals surface area (Å²) in [5.41, 5.74) is 2.22. The second-order valence-corrected chi connectivity index (χ2v) is 4.33. The van der Waals surface area contributed by atoms with Crippen molar-refractivity contribution in [3.05, 3.63) is 48.0 Å². The van der Waals surface area contributed by atoms with E-state index in [0.29, 0.717) is 0 Å². The molecule has 0 spiro atoms. The molecule has 0 saturated carbocycles. The second-order valence-electron chi connectivity index (χ2n) is 4.33. The van der Waals surface area contributed by atoms with Crippen molar-refractivity contribution in [2.75, 3.05) is 24.8 Å². The Bertz CT molecular complexity index is 551. The summed E-state index contributed by atoms with van der Waals surface area (Å²) in [5.74, 6) is 6.55. The van der Waals surface area contributed by atoms with Gasteiger partial charge in [-0.1, -0.05) is 17.2 Å². The molecule has 2 N–H and O–H groups in total. The molecule has 5 nitrogen and oxygen atoms in total. The minimum absolute atomic E-state index is 0.871. The third-order valence-electron chi connectivity index (χ3n) is 2.81. The first-order chi connectivity index (χ1) is 8.58. The summed E-state index contributed by atoms with van der Waals surface area (Å²) in [6, 6.07) is 8.20. The Morgan fingerprint density at radius 2 is 1.94 bits per heavy atom. The molecule has 0 radical (unpaired) electrons. The van der Waals surface area contributed by atoms with Crippen LogP contribution in [-0.2, 0) is 0 Å². The van der Waals surface area contributed by atoms with Crippen molar-refractivity contribution in [1.82, 2.24) is 4.68 Å². The molecule has 2 aromatic rings. The molecule has 0 bridgehead atoms. The summed E-state index contributed by atoms with van der Waals surface area (Å²) < 4.78 is 3.27. The molecule has 0 saturated heterocycles. The molecule has 94 valence electrons. The highest BCUT2D eigenvalue weighted by Crippen LogP contribution is 2.10. The van der Waals surface area contributed by atoms with Crippen molar-refractivity contribution in [3.63, 3.8) is 0 Å². The predicted octanol–water partition coefficient (Wildman–Crippen LogP) is 0.746. The van der Waals surface area contributed by atoms with Gasteiger partial charge in [0.25, 0.3) is 0 Å². The highest BCUT2D eigenvalue weighted by molar-refractivity contribution is 5.80. The zero-order valence-electron chi connectivity index (χ0n) is 10.9. The molecule has 0 aliphatic carbocycles. The lowest BCUT2D eigenvalue weighted by Gasteiger charge is -2.11. The van der Waals surface area contributed by atoms with Crippen LogP contribution in [0.3, 0.4) is 0 Å². The summed E-state index contributed by atoms with van der Waals surface area (Å²) in [6.45, 7) is 1.91. The highest BCUT2D eigenvalue weighted by Gasteiger charge is 2.07. The van der Waals surface area contributed by atoms with E-state index in [4.69, 9.17) is 5.84 Å². The highest BCUT2D eigenvalue weighted by atomic mass is 15.4. The van der Waals surface area contributed by atoms with Gasteiger partial charge < -0.3 is 4.90 Å². The minimum atomic E-state index is 0.871. The molecule has 2 rings (SSSR count). The van der Waals surface area contributed by atoms with Gasteiger partial charge in [-0.05, 0) is 17.7 Å². The van der Waals surface area contributed by atoms with Crippen LogP contribution in [-0.4, -0.2) is 25.0 Å². The third kappa shape index (κ3) is 2.51. The van der Waals surface area contributed by atoms with Crippen LogP contribution in [0.2, 0.25) is 0 Å². The lowest BCUT2D eigenvalue weighted by molar-refractivity contribution is -0.645. The minimum Gasteiger partial charge on any atom is -0.378 e. The van der Waals surface area contributed by atoms with Crippen molar-refractivity contribution in [3.8, 4) is 0 Å². The SMILES string of the molecule is Cc1n(N=Cc2ccc(N(C)C)cc2)cc[n+]1N. The van der Waals surface area contributed by atoms with Crippen LogP contribution in [0.25, 0.3) is 0 Å². The first-order valence-electron chi connectivity index (χ1n) is 5.74. The molecule has 0 aliphatic rings. The average molecular weight is 244 g/mol. The van der Waals surface area contributed by atoms with Gasteiger partial charge in [-0.25, -0.2) is 0 Å². The summed E-state index contributed by atoms with van der Waals surface area (Å²) >= 11 is 0. The van der Waals surface area contributed by atoms with Gasteiger partial charge in [-0.3, -0.25) is 5.84 Å². The van der Waals surface area contributed by atoms with E-state index in [-0.39, 0.29) is 0 Å². The fourth-order valence-electron chi connectivity index (χ4n) is 1.58. The predicted molar refractivity (Wildman–Crippen MR) is 73.3 cm³/mol. The maximum absolute atomic E-state index is 5.68. The molecule has 0 atom stereocenters. The summed E-state index contributed by atoms with van der Waals surface area (Å²) in [5, 5.41) is 4.35. The maximum atomic E-state index is 5.68. The molecular weight excluding hydrogens is 226 g/mol. The number of aromatic nitrogens is 2. The van der Waals surface area contributed by atoms with Gasteiger partial charge in [-0.15, -0.1) is 9.35 Å². The number of anilines is 1. The smallest absolute Gasteiger partial charge is 0.301 e. The van der Waals surface area contributed by atoms with E-state index >= 15 is 0 Å². The van der Waals surface area contributed by atoms with Crippen LogP contribution in [0.1, 0.15) is 11.4 Å². The van der Waals surface area contributed by atoms with Gasteiger partial charge in [-0.2, -0.15) is 0 Å². The quantitative estimate of drug-likeness (QED) is 0.492. The van der Waals surface area contributed by atoms with Gasteiger partial charge in [0, 0.05) is 26.7 Å². The number of hydrogen-bond donors (Lipinski definition) is 1. The summed E-state index contributed by atoms with van der Waals surface area (Å²) in [7, 11) is 4.04. The van der Waals surface area contributed by atoms with Crippen LogP contribution in [0.15, 0.2) is 41.8 Å². The molecular formula is C13H18N5+. The van der Waals surface area contributed by atoms with Crippen LogP contribution in [0, 0.1) is 6.92 Å². The Morgan fingerprint density at radius 3 is 2.44 bits per heavy atom. The van der Waals surface area contributed by atoms with Gasteiger partial charge in [0.15, 0.2) is 12.4 Å². The summed E-state index contributed by atoms with van der Waals surface area (Å²) in [6.07, 6.45) is 5.40. The monoisotopic (exact) mass is 244 g/mol. The van der Waals surface area contributed by atoms with Crippen LogP contribution >= 0.6 is 0 Å². The van der Waals surface area contributed by atoms with E-state index in [1.165, 1.54) is 10.4 Å². The molecule has 0 unspecified atom stereocenters. The van der Waals surface area contributed by atoms with Crippen LogP contribution in [0.5, 0.6) is 0 Å². The zero-order valence-corrected chi connectivity index (χ0v) is 10.9. The van der Waals surface area contributed by atoms with E-state index in [2.05, 4.69) is 22.1 Å².